The number of hydrogen-bond acceptors (Lipinski definition) is 4. The monoisotopic (exact) mass is 311 g/mol. The second-order valence-electron chi connectivity index (χ2n) is 5.45. The topological polar surface area (TPSA) is 55.8 Å². The first-order valence-electron chi connectivity index (χ1n) is 7.27. The summed E-state index contributed by atoms with van der Waals surface area (Å²) < 4.78 is 10.7. The van der Waals surface area contributed by atoms with Gasteiger partial charge < -0.3 is 9.47 Å². The lowest BCUT2D eigenvalue weighted by Crippen LogP contribution is -2.71. The average molecular weight is 311 g/mol. The summed E-state index contributed by atoms with van der Waals surface area (Å²) in [7, 11) is 1.56. The largest absolute Gasteiger partial charge is 0.497 e. The summed E-state index contributed by atoms with van der Waals surface area (Å²) in [6, 6.07) is 16.2. The zero-order valence-corrected chi connectivity index (χ0v) is 13.0. The van der Waals surface area contributed by atoms with Crippen LogP contribution >= 0.6 is 0 Å². The summed E-state index contributed by atoms with van der Waals surface area (Å²) in [6.45, 7) is 1.73. The summed E-state index contributed by atoms with van der Waals surface area (Å²) in [4.78, 5) is 26.0. The Balaban J connectivity index is 1.71. The highest BCUT2D eigenvalue weighted by Crippen LogP contribution is 2.34. The SMILES string of the molecule is COc1ccc(N2C(=O)C(C)(OCc3ccccc3)C2=O)cc1. The van der Waals surface area contributed by atoms with E-state index in [4.69, 9.17) is 9.47 Å². The third-order valence-electron chi connectivity index (χ3n) is 3.92. The Labute approximate surface area is 134 Å². The number of carbonyl (C=O) groups is 2. The van der Waals surface area contributed by atoms with Gasteiger partial charge in [-0.1, -0.05) is 30.3 Å². The van der Waals surface area contributed by atoms with Crippen LogP contribution in [0.1, 0.15) is 12.5 Å². The van der Waals surface area contributed by atoms with Crippen LogP contribution in [0.5, 0.6) is 5.75 Å². The van der Waals surface area contributed by atoms with E-state index in [0.717, 1.165) is 10.5 Å². The first-order chi connectivity index (χ1) is 11.1. The molecule has 0 spiro atoms. The number of methoxy groups -OCH3 is 1. The Hall–Kier alpha value is -2.66. The van der Waals surface area contributed by atoms with Gasteiger partial charge in [0, 0.05) is 0 Å². The van der Waals surface area contributed by atoms with Gasteiger partial charge in [-0.3, -0.25) is 9.59 Å². The number of ether oxygens (including phenoxy) is 2. The highest BCUT2D eigenvalue weighted by atomic mass is 16.5. The van der Waals surface area contributed by atoms with Crippen LogP contribution in [0, 0.1) is 0 Å². The Bertz CT molecular complexity index is 708. The second-order valence-corrected chi connectivity index (χ2v) is 5.45. The third-order valence-corrected chi connectivity index (χ3v) is 3.92. The predicted octanol–water partition coefficient (Wildman–Crippen LogP) is 2.54. The maximum atomic E-state index is 12.4. The van der Waals surface area contributed by atoms with Crippen LogP contribution in [-0.2, 0) is 20.9 Å². The average Bonchev–Trinajstić information content (AvgIpc) is 2.61. The molecule has 0 radical (unpaired) electrons. The van der Waals surface area contributed by atoms with Crippen LogP contribution < -0.4 is 9.64 Å². The van der Waals surface area contributed by atoms with Crippen LogP contribution in [0.25, 0.3) is 0 Å². The molecule has 3 rings (SSSR count). The van der Waals surface area contributed by atoms with Gasteiger partial charge in [0.25, 0.3) is 11.8 Å². The molecular weight excluding hydrogens is 294 g/mol. The molecule has 2 aromatic carbocycles. The normalized spacial score (nSPS) is 16.2. The molecule has 1 heterocycles. The van der Waals surface area contributed by atoms with E-state index < -0.39 is 5.60 Å². The standard InChI is InChI=1S/C18H17NO4/c1-18(23-12-13-6-4-3-5-7-13)16(20)19(17(18)21)14-8-10-15(22-2)11-9-14/h3-11H,12H2,1-2H3. The van der Waals surface area contributed by atoms with Gasteiger partial charge in [0.2, 0.25) is 5.60 Å². The van der Waals surface area contributed by atoms with E-state index in [-0.39, 0.29) is 18.4 Å². The molecule has 0 N–H and O–H groups in total. The van der Waals surface area contributed by atoms with Crippen molar-refractivity contribution in [1.82, 2.24) is 0 Å². The molecule has 0 aliphatic carbocycles. The van der Waals surface area contributed by atoms with Crippen LogP contribution in [0.3, 0.4) is 0 Å². The molecular formula is C18H17NO4. The van der Waals surface area contributed by atoms with Crippen LogP contribution in [0.2, 0.25) is 0 Å². The molecule has 1 saturated heterocycles. The van der Waals surface area contributed by atoms with Gasteiger partial charge in [-0.25, -0.2) is 4.90 Å². The van der Waals surface area contributed by atoms with Crippen LogP contribution in [0.15, 0.2) is 54.6 Å². The smallest absolute Gasteiger partial charge is 0.275 e. The molecule has 2 aromatic rings. The van der Waals surface area contributed by atoms with Crippen molar-refractivity contribution in [2.45, 2.75) is 19.1 Å². The zero-order valence-electron chi connectivity index (χ0n) is 13.0. The summed E-state index contributed by atoms with van der Waals surface area (Å²) >= 11 is 0. The number of imide groups is 1. The Kier molecular flexibility index (Phi) is 3.88. The fourth-order valence-electron chi connectivity index (χ4n) is 2.45. The van der Waals surface area contributed by atoms with Gasteiger partial charge in [0.1, 0.15) is 5.75 Å². The first-order valence-corrected chi connectivity index (χ1v) is 7.27. The molecule has 1 aliphatic rings. The van der Waals surface area contributed by atoms with Crippen LogP contribution in [0.4, 0.5) is 5.69 Å². The van der Waals surface area contributed by atoms with E-state index in [1.54, 1.807) is 31.4 Å². The highest BCUT2D eigenvalue weighted by Gasteiger charge is 2.59. The second kappa shape index (κ2) is 5.85. The van der Waals surface area contributed by atoms with Crippen molar-refractivity contribution in [2.24, 2.45) is 0 Å². The van der Waals surface area contributed by atoms with Crippen molar-refractivity contribution >= 4 is 17.5 Å². The van der Waals surface area contributed by atoms with Crippen molar-refractivity contribution in [2.75, 3.05) is 12.0 Å². The minimum atomic E-state index is -1.42. The third kappa shape index (κ3) is 2.59. The van der Waals surface area contributed by atoms with Crippen LogP contribution in [-0.4, -0.2) is 24.5 Å². The number of hydrogen-bond donors (Lipinski definition) is 0. The van der Waals surface area contributed by atoms with Gasteiger partial charge in [-0.05, 0) is 36.8 Å². The summed E-state index contributed by atoms with van der Waals surface area (Å²) in [5.74, 6) is -0.0514. The van der Waals surface area contributed by atoms with E-state index in [1.807, 2.05) is 30.3 Å². The predicted molar refractivity (Wildman–Crippen MR) is 85.1 cm³/mol. The fourth-order valence-corrected chi connectivity index (χ4v) is 2.45. The van der Waals surface area contributed by atoms with Gasteiger partial charge >= 0.3 is 0 Å². The molecule has 2 amide bonds. The molecule has 5 nitrogen and oxygen atoms in total. The Morgan fingerprint density at radius 1 is 0.957 bits per heavy atom. The fraction of sp³-hybridized carbons (Fsp3) is 0.222. The van der Waals surface area contributed by atoms with Crippen molar-refractivity contribution in [3.63, 3.8) is 0 Å². The van der Waals surface area contributed by atoms with Gasteiger partial charge in [-0.15, -0.1) is 0 Å². The molecule has 1 aliphatic heterocycles. The lowest BCUT2D eigenvalue weighted by Gasteiger charge is -2.43. The van der Waals surface area contributed by atoms with Gasteiger partial charge in [-0.2, -0.15) is 0 Å². The number of amides is 2. The van der Waals surface area contributed by atoms with Gasteiger partial charge in [0.05, 0.1) is 19.4 Å². The van der Waals surface area contributed by atoms with E-state index in [9.17, 15) is 9.59 Å². The number of rotatable bonds is 5. The maximum absolute atomic E-state index is 12.4. The lowest BCUT2D eigenvalue weighted by molar-refractivity contribution is -0.170. The van der Waals surface area contributed by atoms with Crippen molar-refractivity contribution in [3.05, 3.63) is 60.2 Å². The summed E-state index contributed by atoms with van der Waals surface area (Å²) in [5.41, 5.74) is 0.00859. The minimum absolute atomic E-state index is 0.214. The number of nitrogens with zero attached hydrogens (tertiary/aromatic N) is 1. The molecule has 0 bridgehead atoms. The zero-order chi connectivity index (χ0) is 16.4. The minimum Gasteiger partial charge on any atom is -0.497 e. The van der Waals surface area contributed by atoms with E-state index in [2.05, 4.69) is 0 Å². The first kappa shape index (κ1) is 15.2. The summed E-state index contributed by atoms with van der Waals surface area (Å²) in [6.07, 6.45) is 0. The maximum Gasteiger partial charge on any atom is 0.275 e. The molecule has 118 valence electrons. The lowest BCUT2D eigenvalue weighted by atomic mass is 9.92. The molecule has 0 aromatic heterocycles. The van der Waals surface area contributed by atoms with E-state index in [1.165, 1.54) is 6.92 Å². The number of anilines is 1. The van der Waals surface area contributed by atoms with E-state index >= 15 is 0 Å². The Morgan fingerprint density at radius 2 is 1.57 bits per heavy atom. The van der Waals surface area contributed by atoms with Crippen molar-refractivity contribution in [1.29, 1.82) is 0 Å². The molecule has 0 atom stereocenters. The quantitative estimate of drug-likeness (QED) is 0.629. The van der Waals surface area contributed by atoms with Crippen molar-refractivity contribution in [3.8, 4) is 5.75 Å². The molecule has 5 heteroatoms. The number of β-lactam (4-membered cyclic amide) rings is 2. The summed E-state index contributed by atoms with van der Waals surface area (Å²) in [5, 5.41) is 0. The molecule has 23 heavy (non-hydrogen) atoms. The van der Waals surface area contributed by atoms with E-state index in [0.29, 0.717) is 11.4 Å². The number of benzene rings is 2. The van der Waals surface area contributed by atoms with Crippen molar-refractivity contribution < 1.29 is 19.1 Å². The molecule has 0 saturated carbocycles. The Morgan fingerprint density at radius 3 is 2.13 bits per heavy atom. The number of carbonyl (C=O) groups excluding carboxylic acids is 2. The van der Waals surface area contributed by atoms with Gasteiger partial charge in [0.15, 0.2) is 0 Å². The molecule has 1 fully saturated rings. The molecule has 0 unspecified atom stereocenters. The highest BCUT2D eigenvalue weighted by molar-refractivity contribution is 6.38.